The Bertz CT molecular complexity index is 1080. The van der Waals surface area contributed by atoms with Crippen LogP contribution in [0.2, 0.25) is 0 Å². The van der Waals surface area contributed by atoms with Gasteiger partial charge in [0, 0.05) is 26.2 Å². The Labute approximate surface area is 175 Å². The highest BCUT2D eigenvalue weighted by molar-refractivity contribution is 7.88. The number of amides is 1. The summed E-state index contributed by atoms with van der Waals surface area (Å²) in [7, 11) is -3.39. The van der Waals surface area contributed by atoms with Crippen molar-refractivity contribution >= 4 is 15.9 Å². The molecule has 10 heteroatoms. The predicted molar refractivity (Wildman–Crippen MR) is 110 cm³/mol. The second kappa shape index (κ2) is 8.72. The Hall–Kier alpha value is -3.11. The maximum atomic E-state index is 12.7. The van der Waals surface area contributed by atoms with E-state index in [2.05, 4.69) is 15.5 Å². The van der Waals surface area contributed by atoms with Gasteiger partial charge in [-0.2, -0.15) is 4.31 Å². The number of carbonyl (C=O) groups excluding carboxylic acids is 1. The van der Waals surface area contributed by atoms with Crippen molar-refractivity contribution in [2.24, 2.45) is 0 Å². The number of carbonyl (C=O) groups is 1. The SMILES string of the molecule is O=C(Cc1ccc(-n2cnnn2)cc1)N1CCN(S(=O)(=O)Cc2ccccc2)CC1. The fourth-order valence-corrected chi connectivity index (χ4v) is 4.94. The quantitative estimate of drug-likeness (QED) is 0.580. The van der Waals surface area contributed by atoms with E-state index >= 15 is 0 Å². The molecule has 2 heterocycles. The molecule has 0 spiro atoms. The summed E-state index contributed by atoms with van der Waals surface area (Å²) in [4.78, 5) is 14.4. The molecule has 0 N–H and O–H groups in total. The first-order chi connectivity index (χ1) is 14.5. The minimum Gasteiger partial charge on any atom is -0.340 e. The van der Waals surface area contributed by atoms with E-state index in [0.717, 1.165) is 16.8 Å². The number of sulfonamides is 1. The molecule has 0 radical (unpaired) electrons. The fourth-order valence-electron chi connectivity index (χ4n) is 3.42. The Morgan fingerprint density at radius 3 is 2.23 bits per heavy atom. The number of piperazine rings is 1. The Balaban J connectivity index is 1.31. The van der Waals surface area contributed by atoms with Crippen LogP contribution in [0.4, 0.5) is 0 Å². The number of nitrogens with zero attached hydrogens (tertiary/aromatic N) is 6. The lowest BCUT2D eigenvalue weighted by molar-refractivity contribution is -0.131. The summed E-state index contributed by atoms with van der Waals surface area (Å²) in [6.07, 6.45) is 1.78. The van der Waals surface area contributed by atoms with E-state index in [1.54, 1.807) is 9.58 Å². The lowest BCUT2D eigenvalue weighted by atomic mass is 10.1. The van der Waals surface area contributed by atoms with E-state index in [1.165, 1.54) is 10.6 Å². The van der Waals surface area contributed by atoms with Crippen LogP contribution < -0.4 is 0 Å². The maximum absolute atomic E-state index is 12.7. The second-order valence-electron chi connectivity index (χ2n) is 7.12. The summed E-state index contributed by atoms with van der Waals surface area (Å²) in [5.74, 6) is -0.0274. The average molecular weight is 427 g/mol. The minimum absolute atomic E-state index is 0.00900. The van der Waals surface area contributed by atoms with Crippen LogP contribution in [0.15, 0.2) is 60.9 Å². The van der Waals surface area contributed by atoms with Crippen LogP contribution >= 0.6 is 0 Å². The number of aromatic nitrogens is 4. The molecule has 1 aromatic heterocycles. The molecule has 9 nitrogen and oxygen atoms in total. The third-order valence-corrected chi connectivity index (χ3v) is 6.93. The fraction of sp³-hybridized carbons (Fsp3) is 0.300. The molecule has 4 rings (SSSR count). The van der Waals surface area contributed by atoms with E-state index in [-0.39, 0.29) is 18.1 Å². The van der Waals surface area contributed by atoms with Crippen LogP contribution in [-0.2, 0) is 27.0 Å². The van der Waals surface area contributed by atoms with Crippen LogP contribution in [0.3, 0.4) is 0 Å². The van der Waals surface area contributed by atoms with Gasteiger partial charge in [-0.25, -0.2) is 13.1 Å². The smallest absolute Gasteiger partial charge is 0.227 e. The van der Waals surface area contributed by atoms with Gasteiger partial charge in [-0.15, -0.1) is 5.10 Å². The van der Waals surface area contributed by atoms with Crippen molar-refractivity contribution in [1.82, 2.24) is 29.4 Å². The maximum Gasteiger partial charge on any atom is 0.227 e. The van der Waals surface area contributed by atoms with Crippen LogP contribution in [0.5, 0.6) is 0 Å². The second-order valence-corrected chi connectivity index (χ2v) is 9.09. The number of rotatable bonds is 6. The van der Waals surface area contributed by atoms with Crippen LogP contribution in [0, 0.1) is 0 Å². The predicted octanol–water partition coefficient (Wildman–Crippen LogP) is 0.879. The molecule has 0 saturated carbocycles. The molecule has 1 aliphatic heterocycles. The summed E-state index contributed by atoms with van der Waals surface area (Å²) < 4.78 is 28.3. The first-order valence-corrected chi connectivity index (χ1v) is 11.2. The van der Waals surface area contributed by atoms with Crippen LogP contribution in [0.25, 0.3) is 5.69 Å². The van der Waals surface area contributed by atoms with Gasteiger partial charge in [-0.1, -0.05) is 42.5 Å². The summed E-state index contributed by atoms with van der Waals surface area (Å²) in [6, 6.07) is 16.6. The number of tetrazole rings is 1. The highest BCUT2D eigenvalue weighted by Gasteiger charge is 2.28. The van der Waals surface area contributed by atoms with E-state index in [4.69, 9.17) is 0 Å². The molecule has 0 atom stereocenters. The molecule has 156 valence electrons. The lowest BCUT2D eigenvalue weighted by Crippen LogP contribution is -2.51. The molecule has 0 unspecified atom stereocenters. The molecular weight excluding hydrogens is 404 g/mol. The molecule has 1 saturated heterocycles. The van der Waals surface area contributed by atoms with Gasteiger partial charge in [0.1, 0.15) is 6.33 Å². The van der Waals surface area contributed by atoms with Crippen molar-refractivity contribution in [3.05, 3.63) is 72.1 Å². The monoisotopic (exact) mass is 426 g/mol. The van der Waals surface area contributed by atoms with E-state index < -0.39 is 10.0 Å². The molecule has 0 bridgehead atoms. The van der Waals surface area contributed by atoms with Crippen molar-refractivity contribution in [3.8, 4) is 5.69 Å². The van der Waals surface area contributed by atoms with Gasteiger partial charge in [0.2, 0.25) is 15.9 Å². The molecule has 1 amide bonds. The molecule has 3 aromatic rings. The van der Waals surface area contributed by atoms with Gasteiger partial charge in [-0.3, -0.25) is 4.79 Å². The summed E-state index contributed by atoms with van der Waals surface area (Å²) in [6.45, 7) is 1.43. The zero-order valence-corrected chi connectivity index (χ0v) is 17.1. The van der Waals surface area contributed by atoms with Crippen molar-refractivity contribution in [1.29, 1.82) is 0 Å². The third kappa shape index (κ3) is 4.71. The normalized spacial score (nSPS) is 15.3. The third-order valence-electron chi connectivity index (χ3n) is 5.08. The summed E-state index contributed by atoms with van der Waals surface area (Å²) in [5.41, 5.74) is 2.46. The largest absolute Gasteiger partial charge is 0.340 e. The van der Waals surface area contributed by atoms with Crippen LogP contribution in [0.1, 0.15) is 11.1 Å². The molecule has 0 aliphatic carbocycles. The summed E-state index contributed by atoms with van der Waals surface area (Å²) >= 11 is 0. The van der Waals surface area contributed by atoms with Gasteiger partial charge < -0.3 is 4.90 Å². The van der Waals surface area contributed by atoms with Crippen molar-refractivity contribution in [2.45, 2.75) is 12.2 Å². The molecule has 30 heavy (non-hydrogen) atoms. The van der Waals surface area contributed by atoms with Crippen molar-refractivity contribution < 1.29 is 13.2 Å². The van der Waals surface area contributed by atoms with E-state index in [9.17, 15) is 13.2 Å². The van der Waals surface area contributed by atoms with Crippen LogP contribution in [-0.4, -0.2) is 69.9 Å². The molecule has 2 aromatic carbocycles. The highest BCUT2D eigenvalue weighted by atomic mass is 32.2. The van der Waals surface area contributed by atoms with Gasteiger partial charge >= 0.3 is 0 Å². The topological polar surface area (TPSA) is 101 Å². The molecular formula is C20H22N6O3S. The Morgan fingerprint density at radius 1 is 0.900 bits per heavy atom. The van der Waals surface area contributed by atoms with E-state index in [0.29, 0.717) is 26.2 Å². The zero-order valence-electron chi connectivity index (χ0n) is 16.3. The van der Waals surface area contributed by atoms with Gasteiger partial charge in [0.05, 0.1) is 17.9 Å². The zero-order chi connectivity index (χ0) is 21.0. The lowest BCUT2D eigenvalue weighted by Gasteiger charge is -2.34. The number of hydrogen-bond donors (Lipinski definition) is 0. The van der Waals surface area contributed by atoms with Crippen molar-refractivity contribution in [3.63, 3.8) is 0 Å². The highest BCUT2D eigenvalue weighted by Crippen LogP contribution is 2.15. The Morgan fingerprint density at radius 2 is 1.60 bits per heavy atom. The molecule has 1 aliphatic rings. The van der Waals surface area contributed by atoms with Crippen molar-refractivity contribution in [2.75, 3.05) is 26.2 Å². The van der Waals surface area contributed by atoms with Gasteiger partial charge in [0.25, 0.3) is 0 Å². The van der Waals surface area contributed by atoms with Gasteiger partial charge in [0.15, 0.2) is 0 Å². The molecule has 1 fully saturated rings. The first-order valence-electron chi connectivity index (χ1n) is 9.63. The summed E-state index contributed by atoms with van der Waals surface area (Å²) in [5, 5.41) is 11.0. The standard InChI is InChI=1S/C20H22N6O3S/c27-20(14-17-6-8-19(9-7-17)26-16-21-22-23-26)24-10-12-25(13-11-24)30(28,29)15-18-4-2-1-3-5-18/h1-9,16H,10-15H2. The first kappa shape index (κ1) is 20.2. The van der Waals surface area contributed by atoms with Gasteiger partial charge in [-0.05, 0) is 33.7 Å². The number of benzene rings is 2. The minimum atomic E-state index is -3.39. The average Bonchev–Trinajstić information content (AvgIpc) is 3.30. The number of hydrogen-bond acceptors (Lipinski definition) is 6. The van der Waals surface area contributed by atoms with E-state index in [1.807, 2.05) is 54.6 Å². The Kier molecular flexibility index (Phi) is 5.86.